The molecule has 180 valence electrons. The number of ether oxygens (including phenoxy) is 1. The lowest BCUT2D eigenvalue weighted by atomic mass is 9.98. The van der Waals surface area contributed by atoms with Gasteiger partial charge in [0.1, 0.15) is 5.56 Å². The first-order valence-electron chi connectivity index (χ1n) is 10.6. The largest absolute Gasteiger partial charge is 0.449 e. The van der Waals surface area contributed by atoms with Crippen LogP contribution in [0.2, 0.25) is 0 Å². The molecular weight excluding hydrogens is 449 g/mol. The molecule has 0 bridgehead atoms. The SMILES string of the molecule is Cc1cccc(C(C)C)c1NC(=O)C(C)OC(=O)c1cnn(-c2ccc(C(F)(F)F)cn2)c1C. The fourth-order valence-electron chi connectivity index (χ4n) is 3.36. The number of amides is 1. The number of aromatic nitrogens is 3. The fourth-order valence-corrected chi connectivity index (χ4v) is 3.36. The van der Waals surface area contributed by atoms with Crippen molar-refractivity contribution in [3.05, 3.63) is 70.7 Å². The van der Waals surface area contributed by atoms with Gasteiger partial charge in [0.25, 0.3) is 5.91 Å². The molecule has 3 aromatic rings. The molecule has 1 aromatic carbocycles. The molecule has 0 fully saturated rings. The van der Waals surface area contributed by atoms with E-state index in [-0.39, 0.29) is 17.3 Å². The van der Waals surface area contributed by atoms with E-state index in [9.17, 15) is 22.8 Å². The lowest BCUT2D eigenvalue weighted by Gasteiger charge is -2.19. The summed E-state index contributed by atoms with van der Waals surface area (Å²) < 4.78 is 44.8. The molecule has 0 aliphatic heterocycles. The van der Waals surface area contributed by atoms with Crippen molar-refractivity contribution in [2.75, 3.05) is 5.32 Å². The summed E-state index contributed by atoms with van der Waals surface area (Å²) >= 11 is 0. The summed E-state index contributed by atoms with van der Waals surface area (Å²) in [7, 11) is 0. The van der Waals surface area contributed by atoms with Crippen LogP contribution in [0, 0.1) is 13.8 Å². The zero-order valence-corrected chi connectivity index (χ0v) is 19.4. The molecule has 3 rings (SSSR count). The number of halogens is 3. The first kappa shape index (κ1) is 24.9. The van der Waals surface area contributed by atoms with Gasteiger partial charge >= 0.3 is 12.1 Å². The zero-order chi connectivity index (χ0) is 25.2. The van der Waals surface area contributed by atoms with E-state index in [1.165, 1.54) is 17.8 Å². The maximum atomic E-state index is 12.8. The molecule has 34 heavy (non-hydrogen) atoms. The molecule has 1 unspecified atom stereocenters. The van der Waals surface area contributed by atoms with Crippen molar-refractivity contribution < 1.29 is 27.5 Å². The van der Waals surface area contributed by atoms with Gasteiger partial charge in [0, 0.05) is 11.9 Å². The van der Waals surface area contributed by atoms with E-state index in [4.69, 9.17) is 4.74 Å². The summed E-state index contributed by atoms with van der Waals surface area (Å²) in [6.07, 6.45) is -3.69. The molecule has 0 aliphatic carbocycles. The molecule has 0 spiro atoms. The summed E-state index contributed by atoms with van der Waals surface area (Å²) in [5.74, 6) is -0.984. The lowest BCUT2D eigenvalue weighted by Crippen LogP contribution is -2.30. The smallest absolute Gasteiger partial charge is 0.417 e. The number of hydrogen-bond acceptors (Lipinski definition) is 5. The van der Waals surface area contributed by atoms with Crippen molar-refractivity contribution in [2.24, 2.45) is 0 Å². The van der Waals surface area contributed by atoms with Crippen LogP contribution in [0.15, 0.2) is 42.7 Å². The van der Waals surface area contributed by atoms with Gasteiger partial charge in [-0.25, -0.2) is 14.5 Å². The normalized spacial score (nSPS) is 12.5. The molecule has 2 aromatic heterocycles. The van der Waals surface area contributed by atoms with E-state index in [1.807, 2.05) is 39.0 Å². The first-order valence-corrected chi connectivity index (χ1v) is 10.6. The van der Waals surface area contributed by atoms with Crippen molar-refractivity contribution in [1.82, 2.24) is 14.8 Å². The molecule has 7 nitrogen and oxygen atoms in total. The van der Waals surface area contributed by atoms with E-state index in [2.05, 4.69) is 15.4 Å². The molecule has 0 aliphatic rings. The van der Waals surface area contributed by atoms with Crippen LogP contribution >= 0.6 is 0 Å². The van der Waals surface area contributed by atoms with Crippen LogP contribution in [0.5, 0.6) is 0 Å². The van der Waals surface area contributed by atoms with Gasteiger partial charge in [0.15, 0.2) is 11.9 Å². The van der Waals surface area contributed by atoms with E-state index < -0.39 is 29.7 Å². The Hall–Kier alpha value is -3.69. The van der Waals surface area contributed by atoms with Gasteiger partial charge in [0.2, 0.25) is 0 Å². The number of aryl methyl sites for hydroxylation is 1. The van der Waals surface area contributed by atoms with E-state index in [0.717, 1.165) is 23.3 Å². The predicted octanol–water partition coefficient (Wildman–Crippen LogP) is 5.21. The van der Waals surface area contributed by atoms with Crippen molar-refractivity contribution in [2.45, 2.75) is 52.8 Å². The number of alkyl halides is 3. The zero-order valence-electron chi connectivity index (χ0n) is 19.4. The van der Waals surface area contributed by atoms with Crippen LogP contribution in [0.4, 0.5) is 18.9 Å². The van der Waals surface area contributed by atoms with E-state index in [0.29, 0.717) is 17.6 Å². The van der Waals surface area contributed by atoms with Crippen molar-refractivity contribution in [3.63, 3.8) is 0 Å². The number of nitrogens with zero attached hydrogens (tertiary/aromatic N) is 3. The maximum absolute atomic E-state index is 12.8. The molecular formula is C24H25F3N4O3. The summed E-state index contributed by atoms with van der Waals surface area (Å²) in [6.45, 7) is 8.92. The Morgan fingerprint density at radius 1 is 1.06 bits per heavy atom. The first-order chi connectivity index (χ1) is 15.9. The topological polar surface area (TPSA) is 86.1 Å². The predicted molar refractivity (Wildman–Crippen MR) is 120 cm³/mol. The lowest BCUT2D eigenvalue weighted by molar-refractivity contribution is -0.137. The van der Waals surface area contributed by atoms with Crippen molar-refractivity contribution in [1.29, 1.82) is 0 Å². The van der Waals surface area contributed by atoms with Crippen LogP contribution in [-0.4, -0.2) is 32.7 Å². The second-order valence-electron chi connectivity index (χ2n) is 8.19. The second-order valence-corrected chi connectivity index (χ2v) is 8.19. The third kappa shape index (κ3) is 5.27. The van der Waals surface area contributed by atoms with Gasteiger partial charge in [-0.2, -0.15) is 18.3 Å². The Bertz CT molecular complexity index is 1200. The minimum Gasteiger partial charge on any atom is -0.449 e. The van der Waals surface area contributed by atoms with Gasteiger partial charge in [0.05, 0.1) is 17.5 Å². The average Bonchev–Trinajstić information content (AvgIpc) is 3.15. The van der Waals surface area contributed by atoms with Gasteiger partial charge in [-0.15, -0.1) is 0 Å². The Labute approximate surface area is 195 Å². The molecule has 0 saturated carbocycles. The summed E-state index contributed by atoms with van der Waals surface area (Å²) in [4.78, 5) is 29.2. The molecule has 1 atom stereocenters. The van der Waals surface area contributed by atoms with E-state index >= 15 is 0 Å². The van der Waals surface area contributed by atoms with E-state index in [1.54, 1.807) is 6.92 Å². The number of rotatable bonds is 6. The molecule has 10 heteroatoms. The monoisotopic (exact) mass is 474 g/mol. The number of pyridine rings is 1. The molecule has 1 N–H and O–H groups in total. The van der Waals surface area contributed by atoms with Gasteiger partial charge < -0.3 is 10.1 Å². The highest BCUT2D eigenvalue weighted by Gasteiger charge is 2.31. The Kier molecular flexibility index (Phi) is 7.09. The van der Waals surface area contributed by atoms with Gasteiger partial charge in [-0.1, -0.05) is 32.0 Å². The number of benzene rings is 1. The Morgan fingerprint density at radius 2 is 1.76 bits per heavy atom. The second kappa shape index (κ2) is 9.66. The summed E-state index contributed by atoms with van der Waals surface area (Å²) in [6, 6.07) is 7.76. The molecule has 0 saturated heterocycles. The molecule has 2 heterocycles. The number of para-hydroxylation sites is 1. The number of anilines is 1. The molecule has 0 radical (unpaired) electrons. The minimum absolute atomic E-state index is 0.0695. The quantitative estimate of drug-likeness (QED) is 0.496. The highest BCUT2D eigenvalue weighted by molar-refractivity contribution is 5.98. The maximum Gasteiger partial charge on any atom is 0.417 e. The number of carbonyl (C=O) groups excluding carboxylic acids is 2. The third-order valence-electron chi connectivity index (χ3n) is 5.35. The molecule has 1 amide bonds. The summed E-state index contributed by atoms with van der Waals surface area (Å²) in [5, 5.41) is 6.87. The van der Waals surface area contributed by atoms with Crippen LogP contribution in [0.1, 0.15) is 59.4 Å². The third-order valence-corrected chi connectivity index (χ3v) is 5.35. The van der Waals surface area contributed by atoms with Crippen LogP contribution in [0.3, 0.4) is 0 Å². The summed E-state index contributed by atoms with van der Waals surface area (Å²) in [5.41, 5.74) is 2.02. The van der Waals surface area contributed by atoms with Gasteiger partial charge in [-0.05, 0) is 49.9 Å². The van der Waals surface area contributed by atoms with Crippen LogP contribution in [0.25, 0.3) is 5.82 Å². The minimum atomic E-state index is -4.51. The Morgan fingerprint density at radius 3 is 2.35 bits per heavy atom. The average molecular weight is 474 g/mol. The highest BCUT2D eigenvalue weighted by atomic mass is 19.4. The Balaban J connectivity index is 1.73. The van der Waals surface area contributed by atoms with Crippen molar-refractivity contribution in [3.8, 4) is 5.82 Å². The van der Waals surface area contributed by atoms with Crippen LogP contribution < -0.4 is 5.32 Å². The number of esters is 1. The highest BCUT2D eigenvalue weighted by Crippen LogP contribution is 2.29. The van der Waals surface area contributed by atoms with Gasteiger partial charge in [-0.3, -0.25) is 4.79 Å². The van der Waals surface area contributed by atoms with Crippen molar-refractivity contribution >= 4 is 17.6 Å². The van der Waals surface area contributed by atoms with Crippen LogP contribution in [-0.2, 0) is 15.7 Å². The standard InChI is InChI=1S/C24H25F3N4O3/c1-13(2)18-8-6-7-14(3)21(18)30-22(32)16(5)34-23(33)19-12-29-31(15(19)4)20-10-9-17(11-28-20)24(25,26)27/h6-13,16H,1-5H3,(H,30,32). The fraction of sp³-hybridized carbons (Fsp3) is 0.333. The number of carbonyl (C=O) groups is 2. The number of hydrogen-bond donors (Lipinski definition) is 1. The number of nitrogens with one attached hydrogen (secondary N) is 1.